The summed E-state index contributed by atoms with van der Waals surface area (Å²) in [4.78, 5) is 25.7. The first-order valence-electron chi connectivity index (χ1n) is 15.9. The molecule has 4 aromatic carbocycles. The summed E-state index contributed by atoms with van der Waals surface area (Å²) >= 11 is 0. The average molecular weight is 623 g/mol. The standard InChI is InChI=1S/C38H42N2O6/c41-27-30-18-20-31(21-19-30)35-23-34(26-40(24-28-10-3-1-4-11-28)25-29-12-5-2-6-13-29)45-38(46-35)32-14-9-15-33(22-32)39-36(42)16-7-8-17-37(43)44/h1-6,9-15,18-22,34-35,38,41H,7-8,16-17,23-27H2,(H,39,42)(H,43,44). The minimum absolute atomic E-state index is 0.0217. The van der Waals surface area contributed by atoms with E-state index in [-0.39, 0.29) is 37.6 Å². The van der Waals surface area contributed by atoms with Gasteiger partial charge in [0.05, 0.1) is 18.8 Å². The first kappa shape index (κ1) is 33.0. The van der Waals surface area contributed by atoms with Gasteiger partial charge in [0.2, 0.25) is 5.91 Å². The van der Waals surface area contributed by atoms with Crippen LogP contribution in [0.5, 0.6) is 0 Å². The Hall–Kier alpha value is -4.34. The highest BCUT2D eigenvalue weighted by Gasteiger charge is 2.33. The third-order valence-corrected chi connectivity index (χ3v) is 8.06. The van der Waals surface area contributed by atoms with Crippen molar-refractivity contribution in [2.45, 2.75) is 70.3 Å². The molecule has 3 atom stereocenters. The fourth-order valence-electron chi connectivity index (χ4n) is 5.74. The number of aliphatic hydroxyl groups excluding tert-OH is 1. The van der Waals surface area contributed by atoms with Crippen molar-refractivity contribution in [3.05, 3.63) is 137 Å². The number of hydrogen-bond donors (Lipinski definition) is 3. The molecule has 1 aliphatic heterocycles. The zero-order valence-corrected chi connectivity index (χ0v) is 26.0. The zero-order chi connectivity index (χ0) is 32.1. The number of carboxylic acids is 1. The Morgan fingerprint density at radius 2 is 1.39 bits per heavy atom. The number of aliphatic hydroxyl groups is 1. The lowest BCUT2D eigenvalue weighted by Gasteiger charge is -2.38. The highest BCUT2D eigenvalue weighted by molar-refractivity contribution is 5.90. The molecule has 46 heavy (non-hydrogen) atoms. The minimum atomic E-state index is -0.857. The quantitative estimate of drug-likeness (QED) is 0.122. The van der Waals surface area contributed by atoms with Gasteiger partial charge in [-0.25, -0.2) is 0 Å². The Labute approximate surface area is 270 Å². The van der Waals surface area contributed by atoms with Gasteiger partial charge in [0.25, 0.3) is 0 Å². The van der Waals surface area contributed by atoms with Gasteiger partial charge in [-0.05, 0) is 47.2 Å². The van der Waals surface area contributed by atoms with Crippen molar-refractivity contribution in [3.8, 4) is 0 Å². The van der Waals surface area contributed by atoms with Crippen molar-refractivity contribution < 1.29 is 29.3 Å². The number of aliphatic carboxylic acids is 1. The fourth-order valence-corrected chi connectivity index (χ4v) is 5.74. The molecule has 3 unspecified atom stereocenters. The highest BCUT2D eigenvalue weighted by Crippen LogP contribution is 2.39. The molecular formula is C38H42N2O6. The Morgan fingerprint density at radius 1 is 0.739 bits per heavy atom. The van der Waals surface area contributed by atoms with Crippen LogP contribution < -0.4 is 5.32 Å². The smallest absolute Gasteiger partial charge is 0.303 e. The number of unbranched alkanes of at least 4 members (excludes halogenated alkanes) is 1. The van der Waals surface area contributed by atoms with Crippen LogP contribution in [0.25, 0.3) is 0 Å². The van der Waals surface area contributed by atoms with Gasteiger partial charge in [0.15, 0.2) is 6.29 Å². The van der Waals surface area contributed by atoms with Crippen molar-refractivity contribution in [2.75, 3.05) is 11.9 Å². The predicted molar refractivity (Wildman–Crippen MR) is 177 cm³/mol. The normalized spacial score (nSPS) is 17.9. The molecule has 4 aromatic rings. The summed E-state index contributed by atoms with van der Waals surface area (Å²) in [5.74, 6) is -1.02. The van der Waals surface area contributed by atoms with Crippen molar-refractivity contribution in [3.63, 3.8) is 0 Å². The second-order valence-electron chi connectivity index (χ2n) is 11.8. The van der Waals surface area contributed by atoms with Crippen LogP contribution in [-0.4, -0.2) is 39.6 Å². The van der Waals surface area contributed by atoms with Gasteiger partial charge in [-0.2, -0.15) is 0 Å². The summed E-state index contributed by atoms with van der Waals surface area (Å²) in [6.45, 7) is 2.20. The number of anilines is 1. The number of carbonyl (C=O) groups excluding carboxylic acids is 1. The summed E-state index contributed by atoms with van der Waals surface area (Å²) in [6, 6.07) is 36.2. The average Bonchev–Trinajstić information content (AvgIpc) is 3.07. The maximum atomic E-state index is 12.6. The van der Waals surface area contributed by atoms with Gasteiger partial charge in [-0.15, -0.1) is 0 Å². The molecule has 0 saturated carbocycles. The van der Waals surface area contributed by atoms with Crippen molar-refractivity contribution in [1.82, 2.24) is 4.90 Å². The molecule has 1 amide bonds. The van der Waals surface area contributed by atoms with E-state index in [0.29, 0.717) is 31.5 Å². The van der Waals surface area contributed by atoms with Gasteiger partial charge in [0, 0.05) is 50.1 Å². The molecule has 1 heterocycles. The summed E-state index contributed by atoms with van der Waals surface area (Å²) in [7, 11) is 0. The first-order chi connectivity index (χ1) is 22.4. The lowest BCUT2D eigenvalue weighted by molar-refractivity contribution is -0.253. The molecule has 0 bridgehead atoms. The van der Waals surface area contributed by atoms with Crippen molar-refractivity contribution in [2.24, 2.45) is 0 Å². The Balaban J connectivity index is 1.34. The van der Waals surface area contributed by atoms with Crippen LogP contribution in [0.4, 0.5) is 5.69 Å². The fraction of sp³-hybridized carbons (Fsp3) is 0.316. The monoisotopic (exact) mass is 622 g/mol. The first-order valence-corrected chi connectivity index (χ1v) is 15.9. The van der Waals surface area contributed by atoms with Gasteiger partial charge in [0.1, 0.15) is 0 Å². The number of rotatable bonds is 15. The van der Waals surface area contributed by atoms with E-state index >= 15 is 0 Å². The Morgan fingerprint density at radius 3 is 2.02 bits per heavy atom. The van der Waals surface area contributed by atoms with E-state index in [4.69, 9.17) is 14.6 Å². The van der Waals surface area contributed by atoms with E-state index in [9.17, 15) is 14.7 Å². The third kappa shape index (κ3) is 10.1. The number of benzene rings is 4. The number of carboxylic acid groups (broad SMARTS) is 1. The molecule has 0 aromatic heterocycles. The zero-order valence-electron chi connectivity index (χ0n) is 26.0. The number of nitrogens with zero attached hydrogens (tertiary/aromatic N) is 1. The number of amides is 1. The van der Waals surface area contributed by atoms with Crippen molar-refractivity contribution >= 4 is 17.6 Å². The minimum Gasteiger partial charge on any atom is -0.481 e. The number of nitrogens with one attached hydrogen (secondary N) is 1. The molecule has 1 aliphatic rings. The van der Waals surface area contributed by atoms with Crippen LogP contribution in [-0.2, 0) is 38.8 Å². The molecule has 1 fully saturated rings. The second kappa shape index (κ2) is 16.8. The van der Waals surface area contributed by atoms with Gasteiger partial charge < -0.3 is 25.0 Å². The topological polar surface area (TPSA) is 108 Å². The van der Waals surface area contributed by atoms with Crippen LogP contribution in [0, 0.1) is 0 Å². The molecule has 3 N–H and O–H groups in total. The van der Waals surface area contributed by atoms with Crippen LogP contribution in [0.2, 0.25) is 0 Å². The lowest BCUT2D eigenvalue weighted by atomic mass is 9.99. The summed E-state index contributed by atoms with van der Waals surface area (Å²) in [5.41, 5.74) is 5.73. The maximum Gasteiger partial charge on any atom is 0.303 e. The molecular weight excluding hydrogens is 580 g/mol. The van der Waals surface area contributed by atoms with Crippen LogP contribution >= 0.6 is 0 Å². The molecule has 240 valence electrons. The molecule has 8 nitrogen and oxygen atoms in total. The lowest BCUT2D eigenvalue weighted by Crippen LogP contribution is -2.39. The van der Waals surface area contributed by atoms with E-state index in [2.05, 4.69) is 58.7 Å². The van der Waals surface area contributed by atoms with Gasteiger partial charge in [-0.1, -0.05) is 97.1 Å². The highest BCUT2D eigenvalue weighted by atomic mass is 16.7. The van der Waals surface area contributed by atoms with E-state index < -0.39 is 12.3 Å². The van der Waals surface area contributed by atoms with Crippen LogP contribution in [0.1, 0.15) is 72.3 Å². The summed E-state index contributed by atoms with van der Waals surface area (Å²) in [5, 5.41) is 21.4. The molecule has 1 saturated heterocycles. The molecule has 0 radical (unpaired) electrons. The predicted octanol–water partition coefficient (Wildman–Crippen LogP) is 7.01. The van der Waals surface area contributed by atoms with Crippen molar-refractivity contribution in [1.29, 1.82) is 0 Å². The summed E-state index contributed by atoms with van der Waals surface area (Å²) in [6.07, 6.45) is 0.874. The van der Waals surface area contributed by atoms with E-state index in [0.717, 1.165) is 29.8 Å². The van der Waals surface area contributed by atoms with Gasteiger partial charge >= 0.3 is 5.97 Å². The maximum absolute atomic E-state index is 12.6. The molecule has 0 aliphatic carbocycles. The third-order valence-electron chi connectivity index (χ3n) is 8.06. The largest absolute Gasteiger partial charge is 0.481 e. The van der Waals surface area contributed by atoms with Crippen LogP contribution in [0.3, 0.4) is 0 Å². The number of ether oxygens (including phenoxy) is 2. The number of carbonyl (C=O) groups is 2. The summed E-state index contributed by atoms with van der Waals surface area (Å²) < 4.78 is 13.2. The number of hydrogen-bond acceptors (Lipinski definition) is 6. The van der Waals surface area contributed by atoms with Gasteiger partial charge in [-0.3, -0.25) is 14.5 Å². The van der Waals surface area contributed by atoms with E-state index in [1.165, 1.54) is 11.1 Å². The van der Waals surface area contributed by atoms with E-state index in [1.807, 2.05) is 60.7 Å². The molecule has 0 spiro atoms. The van der Waals surface area contributed by atoms with Crippen LogP contribution in [0.15, 0.2) is 109 Å². The van der Waals surface area contributed by atoms with E-state index in [1.54, 1.807) is 0 Å². The SMILES string of the molecule is O=C(O)CCCCC(=O)Nc1cccc(C2OC(CN(Cc3ccccc3)Cc3ccccc3)CC(c3ccc(CO)cc3)O2)c1. The second-order valence-corrected chi connectivity index (χ2v) is 11.8. The Kier molecular flexibility index (Phi) is 12.1. The molecule has 5 rings (SSSR count). The Bertz CT molecular complexity index is 1490. The molecule has 8 heteroatoms.